The monoisotopic (exact) mass is 474 g/mol. The Morgan fingerprint density at radius 3 is 2.59 bits per heavy atom. The second kappa shape index (κ2) is 10.3. The zero-order chi connectivity index (χ0) is 22.5. The number of piperazine rings is 1. The summed E-state index contributed by atoms with van der Waals surface area (Å²) in [5.41, 5.74) is 0.923. The van der Waals surface area contributed by atoms with Crippen LogP contribution in [0.3, 0.4) is 0 Å². The third-order valence-corrected chi connectivity index (χ3v) is 6.34. The summed E-state index contributed by atoms with van der Waals surface area (Å²) in [6.45, 7) is 5.04. The Balaban J connectivity index is 1.25. The second-order valence-corrected chi connectivity index (χ2v) is 8.35. The number of carbonyl (C=O) groups is 1. The Hall–Kier alpha value is -2.61. The molecule has 1 aliphatic rings. The molecule has 9 heteroatoms. The van der Waals surface area contributed by atoms with Crippen molar-refractivity contribution >= 4 is 29.1 Å². The van der Waals surface area contributed by atoms with Crippen molar-refractivity contribution in [2.75, 3.05) is 32.8 Å². The maximum Gasteiger partial charge on any atom is 0.244 e. The number of amides is 1. The van der Waals surface area contributed by atoms with Crippen LogP contribution in [-0.2, 0) is 4.79 Å². The molecule has 168 valence electrons. The Kier molecular flexibility index (Phi) is 7.29. The van der Waals surface area contributed by atoms with E-state index in [1.165, 1.54) is 0 Å². The predicted molar refractivity (Wildman–Crippen MR) is 123 cm³/mol. The van der Waals surface area contributed by atoms with Crippen molar-refractivity contribution in [3.05, 3.63) is 64.5 Å². The summed E-state index contributed by atoms with van der Waals surface area (Å²) >= 11 is 12.1. The SMILES string of the molecule is CC(c1nc(-c2ccccc2)no1)N1CCN(C(=O)CCOc2cccc(Cl)c2Cl)CC1. The predicted octanol–water partition coefficient (Wildman–Crippen LogP) is 4.72. The summed E-state index contributed by atoms with van der Waals surface area (Å²) in [6, 6.07) is 14.9. The molecule has 1 aliphatic heterocycles. The first-order valence-corrected chi connectivity index (χ1v) is 11.3. The minimum atomic E-state index is -0.0227. The normalized spacial score (nSPS) is 15.5. The van der Waals surface area contributed by atoms with Crippen molar-refractivity contribution in [2.24, 2.45) is 0 Å². The van der Waals surface area contributed by atoms with Crippen LogP contribution in [0.2, 0.25) is 10.0 Å². The highest BCUT2D eigenvalue weighted by Gasteiger charge is 2.27. The number of hydrogen-bond donors (Lipinski definition) is 0. The van der Waals surface area contributed by atoms with E-state index in [2.05, 4.69) is 15.0 Å². The fourth-order valence-electron chi connectivity index (χ4n) is 3.63. The van der Waals surface area contributed by atoms with Crippen LogP contribution in [0.25, 0.3) is 11.4 Å². The van der Waals surface area contributed by atoms with Crippen LogP contribution in [0.5, 0.6) is 5.75 Å². The molecule has 1 atom stereocenters. The first kappa shape index (κ1) is 22.6. The van der Waals surface area contributed by atoms with Gasteiger partial charge in [0.15, 0.2) is 0 Å². The molecule has 32 heavy (non-hydrogen) atoms. The summed E-state index contributed by atoms with van der Waals surface area (Å²) in [5, 5.41) is 4.90. The van der Waals surface area contributed by atoms with Gasteiger partial charge in [0.1, 0.15) is 10.8 Å². The highest BCUT2D eigenvalue weighted by molar-refractivity contribution is 6.42. The molecule has 4 rings (SSSR count). The van der Waals surface area contributed by atoms with Crippen molar-refractivity contribution < 1.29 is 14.1 Å². The van der Waals surface area contributed by atoms with E-state index >= 15 is 0 Å². The van der Waals surface area contributed by atoms with Crippen LogP contribution in [0.1, 0.15) is 25.3 Å². The van der Waals surface area contributed by atoms with Crippen molar-refractivity contribution in [3.63, 3.8) is 0 Å². The van der Waals surface area contributed by atoms with Gasteiger partial charge in [-0.1, -0.05) is 64.8 Å². The largest absolute Gasteiger partial charge is 0.491 e. The Labute approximate surface area is 196 Å². The minimum absolute atomic E-state index is 0.0227. The van der Waals surface area contributed by atoms with Gasteiger partial charge in [0.2, 0.25) is 17.6 Å². The first-order valence-electron chi connectivity index (χ1n) is 10.5. The van der Waals surface area contributed by atoms with Crippen LogP contribution < -0.4 is 4.74 Å². The number of hydrogen-bond acceptors (Lipinski definition) is 6. The standard InChI is InChI=1S/C23H24Cl2N4O3/c1-16(23-26-22(27-32-23)17-6-3-2-4-7-17)28-11-13-29(14-12-28)20(30)10-15-31-19-9-5-8-18(24)21(19)25/h2-9,16H,10-15H2,1H3. The Bertz CT molecular complexity index is 1050. The molecular weight excluding hydrogens is 451 g/mol. The van der Waals surface area contributed by atoms with Gasteiger partial charge in [-0.3, -0.25) is 9.69 Å². The number of nitrogens with zero attached hydrogens (tertiary/aromatic N) is 4. The molecule has 0 saturated carbocycles. The van der Waals surface area contributed by atoms with E-state index in [1.807, 2.05) is 42.2 Å². The molecule has 2 heterocycles. The molecule has 7 nitrogen and oxygen atoms in total. The number of rotatable bonds is 7. The Morgan fingerprint density at radius 1 is 1.09 bits per heavy atom. The van der Waals surface area contributed by atoms with Crippen LogP contribution in [0.4, 0.5) is 0 Å². The smallest absolute Gasteiger partial charge is 0.244 e. The quantitative estimate of drug-likeness (QED) is 0.493. The zero-order valence-corrected chi connectivity index (χ0v) is 19.2. The third kappa shape index (κ3) is 5.23. The van der Waals surface area contributed by atoms with Crippen LogP contribution in [-0.4, -0.2) is 58.6 Å². The van der Waals surface area contributed by atoms with Crippen molar-refractivity contribution in [3.8, 4) is 17.1 Å². The first-order chi connectivity index (χ1) is 15.5. The van der Waals surface area contributed by atoms with E-state index in [9.17, 15) is 4.79 Å². The van der Waals surface area contributed by atoms with Gasteiger partial charge in [-0.15, -0.1) is 0 Å². The lowest BCUT2D eigenvalue weighted by molar-refractivity contribution is -0.133. The van der Waals surface area contributed by atoms with Gasteiger partial charge in [0, 0.05) is 31.7 Å². The van der Waals surface area contributed by atoms with Crippen molar-refractivity contribution in [2.45, 2.75) is 19.4 Å². The lowest BCUT2D eigenvalue weighted by atomic mass is 10.2. The number of aromatic nitrogens is 2. The average molecular weight is 475 g/mol. The van der Waals surface area contributed by atoms with Crippen LogP contribution >= 0.6 is 23.2 Å². The molecule has 1 unspecified atom stereocenters. The molecule has 1 amide bonds. The zero-order valence-electron chi connectivity index (χ0n) is 17.7. The minimum Gasteiger partial charge on any atom is -0.491 e. The molecule has 1 saturated heterocycles. The molecule has 1 aromatic heterocycles. The molecule has 0 bridgehead atoms. The van der Waals surface area contributed by atoms with Crippen molar-refractivity contribution in [1.82, 2.24) is 19.9 Å². The third-order valence-electron chi connectivity index (χ3n) is 5.54. The maximum absolute atomic E-state index is 12.6. The highest BCUT2D eigenvalue weighted by Crippen LogP contribution is 2.31. The van der Waals surface area contributed by atoms with E-state index < -0.39 is 0 Å². The summed E-state index contributed by atoms with van der Waals surface area (Å²) in [6.07, 6.45) is 0.280. The molecule has 0 aliphatic carbocycles. The van der Waals surface area contributed by atoms with E-state index in [0.717, 1.165) is 18.7 Å². The molecule has 2 aromatic carbocycles. The summed E-state index contributed by atoms with van der Waals surface area (Å²) in [5.74, 6) is 1.70. The van der Waals surface area contributed by atoms with Gasteiger partial charge < -0.3 is 14.2 Å². The average Bonchev–Trinajstić information content (AvgIpc) is 3.32. The number of ether oxygens (including phenoxy) is 1. The van der Waals surface area contributed by atoms with Gasteiger partial charge in [0.25, 0.3) is 0 Å². The van der Waals surface area contributed by atoms with Crippen molar-refractivity contribution in [1.29, 1.82) is 0 Å². The fourth-order valence-corrected chi connectivity index (χ4v) is 3.97. The molecule has 0 spiro atoms. The van der Waals surface area contributed by atoms with Crippen LogP contribution in [0, 0.1) is 0 Å². The van der Waals surface area contributed by atoms with Gasteiger partial charge in [-0.25, -0.2) is 0 Å². The van der Waals surface area contributed by atoms with E-state index in [4.69, 9.17) is 32.5 Å². The molecule has 1 fully saturated rings. The lowest BCUT2D eigenvalue weighted by Gasteiger charge is -2.36. The molecule has 0 N–H and O–H groups in total. The van der Waals surface area contributed by atoms with Gasteiger partial charge in [-0.2, -0.15) is 4.98 Å². The highest BCUT2D eigenvalue weighted by atomic mass is 35.5. The summed E-state index contributed by atoms with van der Waals surface area (Å²) in [4.78, 5) is 21.2. The number of carbonyl (C=O) groups excluding carboxylic acids is 1. The van der Waals surface area contributed by atoms with E-state index in [0.29, 0.717) is 40.6 Å². The molecule has 3 aromatic rings. The number of benzene rings is 2. The summed E-state index contributed by atoms with van der Waals surface area (Å²) < 4.78 is 11.1. The molecular formula is C23H24Cl2N4O3. The number of halogens is 2. The maximum atomic E-state index is 12.6. The molecule has 0 radical (unpaired) electrons. The van der Waals surface area contributed by atoms with Gasteiger partial charge in [0.05, 0.1) is 24.1 Å². The van der Waals surface area contributed by atoms with E-state index in [1.54, 1.807) is 18.2 Å². The van der Waals surface area contributed by atoms with E-state index in [-0.39, 0.29) is 25.0 Å². The summed E-state index contributed by atoms with van der Waals surface area (Å²) in [7, 11) is 0. The Morgan fingerprint density at radius 2 is 1.84 bits per heavy atom. The topological polar surface area (TPSA) is 71.7 Å². The lowest BCUT2D eigenvalue weighted by Crippen LogP contribution is -2.49. The fraction of sp³-hybridized carbons (Fsp3) is 0.348. The van der Waals surface area contributed by atoms with Gasteiger partial charge >= 0.3 is 0 Å². The van der Waals surface area contributed by atoms with Crippen LogP contribution in [0.15, 0.2) is 53.1 Å². The van der Waals surface area contributed by atoms with Gasteiger partial charge in [-0.05, 0) is 19.1 Å². The second-order valence-electron chi connectivity index (χ2n) is 7.57.